The van der Waals surface area contributed by atoms with Gasteiger partial charge in [0.05, 0.1) is 6.10 Å². The van der Waals surface area contributed by atoms with Crippen molar-refractivity contribution in [2.24, 2.45) is 0 Å². The van der Waals surface area contributed by atoms with E-state index >= 15 is 0 Å². The van der Waals surface area contributed by atoms with Gasteiger partial charge in [0.2, 0.25) is 0 Å². The molecule has 0 fully saturated rings. The van der Waals surface area contributed by atoms with Gasteiger partial charge in [0.25, 0.3) is 5.91 Å². The maximum Gasteiger partial charge on any atom is 0.251 e. The van der Waals surface area contributed by atoms with Crippen LogP contribution in [0.5, 0.6) is 0 Å². The summed E-state index contributed by atoms with van der Waals surface area (Å²) in [6.07, 6.45) is -0.351. The minimum absolute atomic E-state index is 0.0445. The fourth-order valence-electron chi connectivity index (χ4n) is 1.90. The summed E-state index contributed by atoms with van der Waals surface area (Å²) in [6.45, 7) is 0.230. The number of nitrogens with one attached hydrogen (secondary N) is 1. The lowest BCUT2D eigenvalue weighted by atomic mass is 10.1. The standard InChI is InChI=1S/C16H15F2NO2/c17-13-7-6-12(10-14(13)18)16(21)19-9-8-15(20)11-4-2-1-3-5-11/h1-7,10,15,20H,8-9H2,(H,19,21)/t15-/m1/s1. The molecule has 0 aliphatic rings. The van der Waals surface area contributed by atoms with Crippen molar-refractivity contribution in [3.8, 4) is 0 Å². The van der Waals surface area contributed by atoms with Gasteiger partial charge in [-0.05, 0) is 30.2 Å². The second-order valence-electron chi connectivity index (χ2n) is 4.60. The van der Waals surface area contributed by atoms with E-state index in [1.54, 1.807) is 12.1 Å². The summed E-state index contributed by atoms with van der Waals surface area (Å²) < 4.78 is 25.8. The van der Waals surface area contributed by atoms with Crippen molar-refractivity contribution in [1.29, 1.82) is 0 Å². The first-order chi connectivity index (χ1) is 10.1. The number of aliphatic hydroxyl groups excluding tert-OH is 1. The van der Waals surface area contributed by atoms with Crippen molar-refractivity contribution in [3.05, 3.63) is 71.3 Å². The Hall–Kier alpha value is -2.27. The van der Waals surface area contributed by atoms with Crippen LogP contribution in [-0.2, 0) is 0 Å². The smallest absolute Gasteiger partial charge is 0.251 e. The molecule has 0 radical (unpaired) electrons. The summed E-state index contributed by atoms with van der Waals surface area (Å²) in [6, 6.07) is 12.0. The Kier molecular flexibility index (Phi) is 5.00. The van der Waals surface area contributed by atoms with Crippen LogP contribution in [0.1, 0.15) is 28.4 Å². The molecule has 21 heavy (non-hydrogen) atoms. The number of carbonyl (C=O) groups excluding carboxylic acids is 1. The van der Waals surface area contributed by atoms with Crippen LogP contribution < -0.4 is 5.32 Å². The summed E-state index contributed by atoms with van der Waals surface area (Å²) in [4.78, 5) is 11.7. The highest BCUT2D eigenvalue weighted by molar-refractivity contribution is 5.94. The van der Waals surface area contributed by atoms with Gasteiger partial charge in [-0.1, -0.05) is 30.3 Å². The number of rotatable bonds is 5. The normalized spacial score (nSPS) is 12.0. The molecule has 0 aromatic heterocycles. The zero-order valence-electron chi connectivity index (χ0n) is 11.2. The number of halogens is 2. The molecule has 2 aromatic rings. The molecule has 3 nitrogen and oxygen atoms in total. The van der Waals surface area contributed by atoms with Crippen LogP contribution in [0.3, 0.4) is 0 Å². The lowest BCUT2D eigenvalue weighted by Gasteiger charge is -2.11. The summed E-state index contributed by atoms with van der Waals surface area (Å²) in [5.41, 5.74) is 0.808. The number of hydrogen-bond donors (Lipinski definition) is 2. The first-order valence-corrected chi connectivity index (χ1v) is 6.54. The van der Waals surface area contributed by atoms with Crippen molar-refractivity contribution < 1.29 is 18.7 Å². The van der Waals surface area contributed by atoms with Crippen LogP contribution in [-0.4, -0.2) is 17.6 Å². The maximum absolute atomic E-state index is 13.0. The topological polar surface area (TPSA) is 49.3 Å². The first kappa shape index (κ1) is 15.1. The van der Waals surface area contributed by atoms with Gasteiger partial charge in [0.15, 0.2) is 11.6 Å². The van der Waals surface area contributed by atoms with E-state index in [0.29, 0.717) is 6.42 Å². The SMILES string of the molecule is O=C(NCC[C@@H](O)c1ccccc1)c1ccc(F)c(F)c1. The highest BCUT2D eigenvalue weighted by atomic mass is 19.2. The number of carbonyl (C=O) groups is 1. The molecule has 0 aliphatic carbocycles. The second-order valence-corrected chi connectivity index (χ2v) is 4.60. The third kappa shape index (κ3) is 4.10. The van der Waals surface area contributed by atoms with Gasteiger partial charge in [-0.2, -0.15) is 0 Å². The van der Waals surface area contributed by atoms with E-state index in [-0.39, 0.29) is 12.1 Å². The van der Waals surface area contributed by atoms with Crippen molar-refractivity contribution in [2.45, 2.75) is 12.5 Å². The molecular weight excluding hydrogens is 276 g/mol. The highest BCUT2D eigenvalue weighted by Gasteiger charge is 2.11. The van der Waals surface area contributed by atoms with Gasteiger partial charge >= 0.3 is 0 Å². The van der Waals surface area contributed by atoms with Gasteiger partial charge in [-0.25, -0.2) is 8.78 Å². The molecule has 2 N–H and O–H groups in total. The molecule has 5 heteroatoms. The number of benzene rings is 2. The Morgan fingerprint density at radius 3 is 2.48 bits per heavy atom. The average Bonchev–Trinajstić information content (AvgIpc) is 2.50. The Morgan fingerprint density at radius 2 is 1.81 bits per heavy atom. The number of aliphatic hydroxyl groups is 1. The Labute approximate surface area is 121 Å². The van der Waals surface area contributed by atoms with Gasteiger partial charge < -0.3 is 10.4 Å². The van der Waals surface area contributed by atoms with E-state index in [0.717, 1.165) is 17.7 Å². The molecule has 0 heterocycles. The summed E-state index contributed by atoms with van der Waals surface area (Å²) in [5, 5.41) is 12.5. The molecule has 1 amide bonds. The van der Waals surface area contributed by atoms with Gasteiger partial charge in [-0.15, -0.1) is 0 Å². The first-order valence-electron chi connectivity index (χ1n) is 6.54. The molecule has 0 bridgehead atoms. The molecule has 0 saturated heterocycles. The predicted octanol–water partition coefficient (Wildman–Crippen LogP) is 2.82. The van der Waals surface area contributed by atoms with Crippen LogP contribution >= 0.6 is 0 Å². The van der Waals surface area contributed by atoms with Gasteiger partial charge in [0, 0.05) is 12.1 Å². The lowest BCUT2D eigenvalue weighted by Crippen LogP contribution is -2.25. The minimum atomic E-state index is -1.06. The fourth-order valence-corrected chi connectivity index (χ4v) is 1.90. The monoisotopic (exact) mass is 291 g/mol. The van der Waals surface area contributed by atoms with Crippen LogP contribution in [0, 0.1) is 11.6 Å². The molecule has 2 aromatic carbocycles. The molecule has 0 unspecified atom stereocenters. The largest absolute Gasteiger partial charge is 0.388 e. The summed E-state index contributed by atoms with van der Waals surface area (Å²) in [7, 11) is 0. The zero-order chi connectivity index (χ0) is 15.2. The molecule has 1 atom stereocenters. The molecule has 2 rings (SSSR count). The van der Waals surface area contributed by atoms with Crippen molar-refractivity contribution in [2.75, 3.05) is 6.54 Å². The Bertz CT molecular complexity index is 617. The predicted molar refractivity (Wildman–Crippen MR) is 74.7 cm³/mol. The Morgan fingerprint density at radius 1 is 1.10 bits per heavy atom. The van der Waals surface area contributed by atoms with Gasteiger partial charge in [-0.3, -0.25) is 4.79 Å². The van der Waals surface area contributed by atoms with E-state index in [4.69, 9.17) is 0 Å². The zero-order valence-corrected chi connectivity index (χ0v) is 11.2. The fraction of sp³-hybridized carbons (Fsp3) is 0.188. The third-order valence-electron chi connectivity index (χ3n) is 3.07. The second kappa shape index (κ2) is 6.95. The van der Waals surface area contributed by atoms with Crippen molar-refractivity contribution in [1.82, 2.24) is 5.32 Å². The molecule has 0 saturated carbocycles. The van der Waals surface area contributed by atoms with Crippen molar-refractivity contribution in [3.63, 3.8) is 0 Å². The van der Waals surface area contributed by atoms with Crippen LogP contribution in [0.15, 0.2) is 48.5 Å². The quantitative estimate of drug-likeness (QED) is 0.890. The molecule has 110 valence electrons. The molecule has 0 spiro atoms. The Balaban J connectivity index is 1.85. The lowest BCUT2D eigenvalue weighted by molar-refractivity contribution is 0.0942. The molecular formula is C16H15F2NO2. The van der Waals surface area contributed by atoms with E-state index in [1.165, 1.54) is 6.07 Å². The van der Waals surface area contributed by atoms with Crippen LogP contribution in [0.25, 0.3) is 0 Å². The summed E-state index contributed by atoms with van der Waals surface area (Å²) >= 11 is 0. The van der Waals surface area contributed by atoms with Crippen LogP contribution in [0.4, 0.5) is 8.78 Å². The van der Waals surface area contributed by atoms with Gasteiger partial charge in [0.1, 0.15) is 0 Å². The summed E-state index contributed by atoms with van der Waals surface area (Å²) in [5.74, 6) is -2.56. The maximum atomic E-state index is 13.0. The van der Waals surface area contributed by atoms with E-state index in [2.05, 4.69) is 5.32 Å². The minimum Gasteiger partial charge on any atom is -0.388 e. The average molecular weight is 291 g/mol. The number of amides is 1. The van der Waals surface area contributed by atoms with Crippen molar-refractivity contribution >= 4 is 5.91 Å². The van der Waals surface area contributed by atoms with E-state index < -0.39 is 23.6 Å². The highest BCUT2D eigenvalue weighted by Crippen LogP contribution is 2.15. The molecule has 0 aliphatic heterocycles. The van der Waals surface area contributed by atoms with E-state index in [9.17, 15) is 18.7 Å². The van der Waals surface area contributed by atoms with Crippen LogP contribution in [0.2, 0.25) is 0 Å². The number of hydrogen-bond acceptors (Lipinski definition) is 2. The third-order valence-corrected chi connectivity index (χ3v) is 3.07. The van der Waals surface area contributed by atoms with E-state index in [1.807, 2.05) is 18.2 Å².